The van der Waals surface area contributed by atoms with Gasteiger partial charge in [0.15, 0.2) is 12.2 Å². The van der Waals surface area contributed by atoms with Crippen LogP contribution in [0.1, 0.15) is 14.3 Å². The van der Waals surface area contributed by atoms with Gasteiger partial charge in [-0.2, -0.15) is 0 Å². The summed E-state index contributed by atoms with van der Waals surface area (Å²) in [6.07, 6.45) is -5.13. The number of carbonyl (C=O) groups is 4. The Hall–Kier alpha value is -0.564. The molecule has 6 N–H and O–H groups in total. The zero-order valence-corrected chi connectivity index (χ0v) is 13.0. The predicted octanol–water partition coefficient (Wildman–Crippen LogP) is -5.07. The maximum absolute atomic E-state index is 9.77. The standard InChI is InChI=1S/C4H6O6.C4H6O4.K.H/c5-1(3(7)8)2(6)4(9)10;5-3(6)1-2-4(7)8;;/h1-2,5-6H,(H,7,8)(H,9,10);1-2H2,(H,5,6)(H,7,8);;/q;;+1;-1. The summed E-state index contributed by atoms with van der Waals surface area (Å²) in [4.78, 5) is 38.8. The fourth-order valence-electron chi connectivity index (χ4n) is 0.484. The summed E-state index contributed by atoms with van der Waals surface area (Å²) >= 11 is 0. The zero-order valence-electron chi connectivity index (χ0n) is 10.9. The summed E-state index contributed by atoms with van der Waals surface area (Å²) in [6.45, 7) is 0. The first-order valence-corrected chi connectivity index (χ1v) is 4.35. The summed E-state index contributed by atoms with van der Waals surface area (Å²) in [7, 11) is 0. The summed E-state index contributed by atoms with van der Waals surface area (Å²) in [6, 6.07) is 0. The third-order valence-electron chi connectivity index (χ3n) is 1.36. The average molecular weight is 308 g/mol. The van der Waals surface area contributed by atoms with Crippen molar-refractivity contribution >= 4 is 23.9 Å². The molecule has 0 aliphatic carbocycles. The van der Waals surface area contributed by atoms with Crippen LogP contribution in [-0.2, 0) is 19.2 Å². The molecule has 0 bridgehead atoms. The van der Waals surface area contributed by atoms with Gasteiger partial charge in [-0.3, -0.25) is 9.59 Å². The van der Waals surface area contributed by atoms with Gasteiger partial charge in [-0.1, -0.05) is 0 Å². The van der Waals surface area contributed by atoms with Crippen LogP contribution in [0.15, 0.2) is 0 Å². The van der Waals surface area contributed by atoms with Crippen LogP contribution in [0.3, 0.4) is 0 Å². The predicted molar refractivity (Wildman–Crippen MR) is 52.9 cm³/mol. The Balaban J connectivity index is -0.000000119. The fraction of sp³-hybridized carbons (Fsp3) is 0.500. The van der Waals surface area contributed by atoms with Gasteiger partial charge in [0.05, 0.1) is 12.8 Å². The number of carboxylic acid groups (broad SMARTS) is 4. The van der Waals surface area contributed by atoms with Gasteiger partial charge in [0.2, 0.25) is 0 Å². The zero-order chi connectivity index (χ0) is 14.9. The first kappa shape index (κ1) is 23.5. The van der Waals surface area contributed by atoms with E-state index in [-0.39, 0.29) is 65.7 Å². The molecule has 0 radical (unpaired) electrons. The minimum Gasteiger partial charge on any atom is -1.00 e. The first-order valence-electron chi connectivity index (χ1n) is 4.35. The molecule has 2 atom stereocenters. The van der Waals surface area contributed by atoms with Crippen LogP contribution >= 0.6 is 0 Å². The topological polar surface area (TPSA) is 190 Å². The van der Waals surface area contributed by atoms with E-state index in [2.05, 4.69) is 0 Å². The minimum absolute atomic E-state index is 0. The van der Waals surface area contributed by atoms with Crippen LogP contribution < -0.4 is 51.4 Å². The number of aliphatic hydroxyl groups excluding tert-OH is 2. The number of aliphatic carboxylic acids is 4. The Morgan fingerprint density at radius 1 is 0.737 bits per heavy atom. The third kappa shape index (κ3) is 15.4. The molecular formula is C8H13KO10. The van der Waals surface area contributed by atoms with Crippen molar-refractivity contribution in [2.75, 3.05) is 0 Å². The molecule has 19 heavy (non-hydrogen) atoms. The molecule has 10 nitrogen and oxygen atoms in total. The average Bonchev–Trinajstić information content (AvgIpc) is 2.24. The van der Waals surface area contributed by atoms with Gasteiger partial charge in [-0.05, 0) is 0 Å². The van der Waals surface area contributed by atoms with Gasteiger partial charge in [-0.25, -0.2) is 9.59 Å². The fourth-order valence-corrected chi connectivity index (χ4v) is 0.484. The Morgan fingerprint density at radius 3 is 1.05 bits per heavy atom. The molecule has 0 spiro atoms. The normalized spacial score (nSPS) is 11.9. The molecule has 0 aromatic rings. The smallest absolute Gasteiger partial charge is 1.00 e. The van der Waals surface area contributed by atoms with Crippen molar-refractivity contribution in [3.05, 3.63) is 0 Å². The van der Waals surface area contributed by atoms with Gasteiger partial charge < -0.3 is 32.1 Å². The Morgan fingerprint density at radius 2 is 0.947 bits per heavy atom. The van der Waals surface area contributed by atoms with Crippen LogP contribution in [0.4, 0.5) is 0 Å². The van der Waals surface area contributed by atoms with E-state index < -0.39 is 36.1 Å². The van der Waals surface area contributed by atoms with Crippen molar-refractivity contribution in [1.82, 2.24) is 0 Å². The van der Waals surface area contributed by atoms with Crippen molar-refractivity contribution in [1.29, 1.82) is 0 Å². The first-order chi connectivity index (χ1) is 8.09. The van der Waals surface area contributed by atoms with E-state index in [1.165, 1.54) is 0 Å². The maximum atomic E-state index is 9.77. The molecule has 0 saturated carbocycles. The SMILES string of the molecule is O=C(O)C(O)C(O)C(=O)O.O=C(O)CCC(=O)O.[H-].[K+]. The van der Waals surface area contributed by atoms with Crippen LogP contribution in [0.25, 0.3) is 0 Å². The van der Waals surface area contributed by atoms with E-state index in [9.17, 15) is 19.2 Å². The van der Waals surface area contributed by atoms with Gasteiger partial charge in [0, 0.05) is 0 Å². The summed E-state index contributed by atoms with van der Waals surface area (Å²) in [5.74, 6) is -5.69. The summed E-state index contributed by atoms with van der Waals surface area (Å²) < 4.78 is 0. The van der Waals surface area contributed by atoms with Crippen molar-refractivity contribution in [2.24, 2.45) is 0 Å². The van der Waals surface area contributed by atoms with Crippen LogP contribution in [0.5, 0.6) is 0 Å². The van der Waals surface area contributed by atoms with Crippen molar-refractivity contribution < 1.29 is 103 Å². The molecule has 2 unspecified atom stereocenters. The van der Waals surface area contributed by atoms with Crippen molar-refractivity contribution in [2.45, 2.75) is 25.0 Å². The molecule has 0 aliphatic heterocycles. The molecule has 106 valence electrons. The van der Waals surface area contributed by atoms with E-state index in [4.69, 9.17) is 30.6 Å². The van der Waals surface area contributed by atoms with Crippen LogP contribution in [0.2, 0.25) is 0 Å². The molecule has 0 aromatic heterocycles. The summed E-state index contributed by atoms with van der Waals surface area (Å²) in [5.41, 5.74) is 0. The molecule has 0 heterocycles. The number of hydrogen-bond donors (Lipinski definition) is 6. The molecule has 0 amide bonds. The second-order valence-electron chi connectivity index (χ2n) is 2.85. The van der Waals surface area contributed by atoms with Crippen molar-refractivity contribution in [3.8, 4) is 0 Å². The number of hydrogen-bond acceptors (Lipinski definition) is 6. The molecular weight excluding hydrogens is 295 g/mol. The molecule has 0 saturated heterocycles. The maximum Gasteiger partial charge on any atom is 1.00 e. The van der Waals surface area contributed by atoms with E-state index in [0.717, 1.165) is 0 Å². The molecule has 0 rings (SSSR count). The van der Waals surface area contributed by atoms with E-state index >= 15 is 0 Å². The number of carboxylic acids is 4. The second-order valence-corrected chi connectivity index (χ2v) is 2.85. The molecule has 0 fully saturated rings. The van der Waals surface area contributed by atoms with Gasteiger partial charge in [0.25, 0.3) is 0 Å². The van der Waals surface area contributed by atoms with Gasteiger partial charge >= 0.3 is 75.3 Å². The van der Waals surface area contributed by atoms with Gasteiger partial charge in [0.1, 0.15) is 0 Å². The Bertz CT molecular complexity index is 301. The monoisotopic (exact) mass is 308 g/mol. The van der Waals surface area contributed by atoms with E-state index in [0.29, 0.717) is 0 Å². The Labute approximate surface area is 150 Å². The third-order valence-corrected chi connectivity index (χ3v) is 1.36. The summed E-state index contributed by atoms with van der Waals surface area (Å²) in [5, 5.41) is 48.3. The van der Waals surface area contributed by atoms with E-state index in [1.54, 1.807) is 0 Å². The van der Waals surface area contributed by atoms with Crippen molar-refractivity contribution in [3.63, 3.8) is 0 Å². The molecule has 11 heteroatoms. The van der Waals surface area contributed by atoms with Crippen LogP contribution in [0, 0.1) is 0 Å². The van der Waals surface area contributed by atoms with Gasteiger partial charge in [-0.15, -0.1) is 0 Å². The molecule has 0 aliphatic rings. The van der Waals surface area contributed by atoms with E-state index in [1.807, 2.05) is 0 Å². The molecule has 0 aromatic carbocycles. The largest absolute Gasteiger partial charge is 1.00 e. The number of aliphatic hydroxyl groups is 2. The quantitative estimate of drug-likeness (QED) is 0.259. The Kier molecular flexibility index (Phi) is 15.4. The minimum atomic E-state index is -2.27. The van der Waals surface area contributed by atoms with Crippen LogP contribution in [-0.4, -0.2) is 66.7 Å². The number of rotatable bonds is 6. The second kappa shape index (κ2) is 12.5.